The maximum Gasteiger partial charge on any atom is 0.113 e. The summed E-state index contributed by atoms with van der Waals surface area (Å²) in [5, 5.41) is 7.50. The third kappa shape index (κ3) is 3.77. The van der Waals surface area contributed by atoms with Crippen molar-refractivity contribution in [2.45, 2.75) is 0 Å². The maximum atomic E-state index is 4.98. The van der Waals surface area contributed by atoms with Crippen LogP contribution in [0.2, 0.25) is 0 Å². The highest BCUT2D eigenvalue weighted by Gasteiger charge is 2.19. The molecule has 0 spiro atoms. The lowest BCUT2D eigenvalue weighted by Gasteiger charge is -2.14. The fraction of sp³-hybridized carbons (Fsp3) is 0. The minimum atomic E-state index is 0.885. The van der Waals surface area contributed by atoms with E-state index < -0.39 is 0 Å². The van der Waals surface area contributed by atoms with E-state index in [9.17, 15) is 0 Å². The molecule has 0 aliphatic rings. The second kappa shape index (κ2) is 9.83. The second-order valence-electron chi connectivity index (χ2n) is 11.8. The molecule has 0 aliphatic carbocycles. The van der Waals surface area contributed by atoms with Crippen molar-refractivity contribution < 1.29 is 0 Å². The minimum absolute atomic E-state index is 0.885. The first-order chi connectivity index (χ1) is 22.8. The Labute approximate surface area is 268 Å². The number of hydrogen-bond acceptors (Lipinski definition) is 3. The number of hydrogen-bond donors (Lipinski definition) is 0. The summed E-state index contributed by atoms with van der Waals surface area (Å²) in [4.78, 5) is 9.92. The van der Waals surface area contributed by atoms with Crippen molar-refractivity contribution in [2.75, 3.05) is 0 Å². The molecule has 46 heavy (non-hydrogen) atoms. The van der Waals surface area contributed by atoms with Crippen LogP contribution in [0.25, 0.3) is 91.7 Å². The first kappa shape index (κ1) is 25.5. The lowest BCUT2D eigenvalue weighted by molar-refractivity contribution is 1.17. The summed E-state index contributed by atoms with van der Waals surface area (Å²) >= 11 is 1.84. The molecule has 3 aromatic heterocycles. The van der Waals surface area contributed by atoms with Gasteiger partial charge in [0.15, 0.2) is 0 Å². The highest BCUT2D eigenvalue weighted by molar-refractivity contribution is 7.25. The molecule has 3 nitrogen and oxygen atoms in total. The van der Waals surface area contributed by atoms with Crippen molar-refractivity contribution in [1.29, 1.82) is 0 Å². The zero-order chi connectivity index (χ0) is 30.2. The minimum Gasteiger partial charge on any atom is -0.307 e. The summed E-state index contributed by atoms with van der Waals surface area (Å²) in [5.74, 6) is 0. The van der Waals surface area contributed by atoms with Crippen LogP contribution in [0, 0.1) is 0 Å². The van der Waals surface area contributed by atoms with Crippen molar-refractivity contribution in [3.63, 3.8) is 0 Å². The van der Waals surface area contributed by atoms with Crippen LogP contribution < -0.4 is 0 Å². The Kier molecular flexibility index (Phi) is 5.45. The Morgan fingerprint density at radius 3 is 2.04 bits per heavy atom. The molecule has 0 radical (unpaired) electrons. The van der Waals surface area contributed by atoms with Crippen LogP contribution in [0.5, 0.6) is 0 Å². The summed E-state index contributed by atoms with van der Waals surface area (Å²) in [7, 11) is 0. The topological polar surface area (TPSA) is 30.7 Å². The van der Waals surface area contributed by atoms with E-state index in [1.807, 2.05) is 17.5 Å². The summed E-state index contributed by atoms with van der Waals surface area (Å²) in [6.45, 7) is 0. The van der Waals surface area contributed by atoms with E-state index >= 15 is 0 Å². The highest BCUT2D eigenvalue weighted by atomic mass is 32.1. The molecule has 0 amide bonds. The van der Waals surface area contributed by atoms with Crippen LogP contribution in [0.15, 0.2) is 152 Å². The average molecular weight is 604 g/mol. The summed E-state index contributed by atoms with van der Waals surface area (Å²) in [6, 6.07) is 50.6. The number of thiophene rings is 1. The number of fused-ring (bicyclic) bond motifs is 8. The number of nitrogens with zero attached hydrogens (tertiary/aromatic N) is 3. The molecule has 10 aromatic rings. The third-order valence-electron chi connectivity index (χ3n) is 9.27. The van der Waals surface area contributed by atoms with Gasteiger partial charge in [0.2, 0.25) is 0 Å². The first-order valence-corrected chi connectivity index (χ1v) is 16.3. The van der Waals surface area contributed by atoms with Crippen LogP contribution in [-0.2, 0) is 0 Å². The molecule has 0 aliphatic heterocycles. The smallest absolute Gasteiger partial charge is 0.113 e. The molecule has 214 valence electrons. The highest BCUT2D eigenvalue weighted by Crippen LogP contribution is 2.41. The predicted octanol–water partition coefficient (Wildman–Crippen LogP) is 11.6. The van der Waals surface area contributed by atoms with Gasteiger partial charge in [0.1, 0.15) is 5.52 Å². The van der Waals surface area contributed by atoms with Crippen molar-refractivity contribution in [3.8, 4) is 27.9 Å². The largest absolute Gasteiger partial charge is 0.307 e. The molecule has 0 fully saturated rings. The lowest BCUT2D eigenvalue weighted by atomic mass is 10.0. The normalized spacial score (nSPS) is 11.9. The fourth-order valence-corrected chi connectivity index (χ4v) is 8.27. The van der Waals surface area contributed by atoms with Crippen molar-refractivity contribution in [3.05, 3.63) is 152 Å². The summed E-state index contributed by atoms with van der Waals surface area (Å²) < 4.78 is 4.97. The molecule has 0 saturated carbocycles. The molecule has 0 atom stereocenters. The fourth-order valence-electron chi connectivity index (χ4n) is 7.12. The van der Waals surface area contributed by atoms with Crippen LogP contribution in [0.4, 0.5) is 0 Å². The van der Waals surface area contributed by atoms with E-state index in [-0.39, 0.29) is 0 Å². The molecular formula is C42H25N3S. The molecule has 0 N–H and O–H groups in total. The second-order valence-corrected chi connectivity index (χ2v) is 12.9. The number of rotatable bonds is 3. The van der Waals surface area contributed by atoms with E-state index in [4.69, 9.17) is 9.97 Å². The van der Waals surface area contributed by atoms with Gasteiger partial charge in [-0.05, 0) is 76.0 Å². The monoisotopic (exact) mass is 603 g/mol. The van der Waals surface area contributed by atoms with Crippen LogP contribution in [-0.4, -0.2) is 14.5 Å². The van der Waals surface area contributed by atoms with Crippen LogP contribution in [0.1, 0.15) is 0 Å². The summed E-state index contributed by atoms with van der Waals surface area (Å²) in [5.41, 5.74) is 9.77. The number of aromatic nitrogens is 3. The zero-order valence-electron chi connectivity index (χ0n) is 24.7. The van der Waals surface area contributed by atoms with Crippen LogP contribution >= 0.6 is 11.3 Å². The lowest BCUT2D eigenvalue weighted by Crippen LogP contribution is -1.99. The molecule has 4 heteroatoms. The molecule has 0 bridgehead atoms. The van der Waals surface area contributed by atoms with Gasteiger partial charge in [0.25, 0.3) is 0 Å². The van der Waals surface area contributed by atoms with Gasteiger partial charge in [-0.15, -0.1) is 11.3 Å². The van der Waals surface area contributed by atoms with Gasteiger partial charge >= 0.3 is 0 Å². The van der Waals surface area contributed by atoms with Gasteiger partial charge in [0.05, 0.1) is 22.2 Å². The third-order valence-corrected chi connectivity index (χ3v) is 10.4. The van der Waals surface area contributed by atoms with E-state index in [1.165, 1.54) is 52.8 Å². The van der Waals surface area contributed by atoms with Gasteiger partial charge < -0.3 is 4.57 Å². The Morgan fingerprint density at radius 1 is 0.435 bits per heavy atom. The quantitative estimate of drug-likeness (QED) is 0.201. The van der Waals surface area contributed by atoms with Gasteiger partial charge in [-0.3, -0.25) is 9.97 Å². The van der Waals surface area contributed by atoms with E-state index in [0.717, 1.165) is 38.9 Å². The van der Waals surface area contributed by atoms with E-state index in [0.29, 0.717) is 0 Å². The van der Waals surface area contributed by atoms with Gasteiger partial charge in [-0.1, -0.05) is 91.0 Å². The van der Waals surface area contributed by atoms with E-state index in [2.05, 4.69) is 144 Å². The summed E-state index contributed by atoms with van der Waals surface area (Å²) in [6.07, 6.45) is 3.61. The Balaban J connectivity index is 1.24. The predicted molar refractivity (Wildman–Crippen MR) is 195 cm³/mol. The van der Waals surface area contributed by atoms with Crippen LogP contribution in [0.3, 0.4) is 0 Å². The van der Waals surface area contributed by atoms with Gasteiger partial charge in [0, 0.05) is 48.9 Å². The van der Waals surface area contributed by atoms with E-state index in [1.54, 1.807) is 6.20 Å². The maximum absolute atomic E-state index is 4.98. The van der Waals surface area contributed by atoms with Crippen molar-refractivity contribution in [1.82, 2.24) is 14.5 Å². The Bertz CT molecular complexity index is 2810. The number of benzene rings is 7. The molecular weight excluding hydrogens is 579 g/mol. The van der Waals surface area contributed by atoms with Crippen molar-refractivity contribution in [2.24, 2.45) is 0 Å². The average Bonchev–Trinajstić information content (AvgIpc) is 3.65. The SMILES string of the molecule is c1ccc(-c2ccc3c(c2)c2cc4ccccc4cc2n3-c2ccc(-c3ccc4c(c3)sc3ccccc34)c3nccnc23)cc1. The van der Waals surface area contributed by atoms with Gasteiger partial charge in [-0.2, -0.15) is 0 Å². The zero-order valence-corrected chi connectivity index (χ0v) is 25.5. The molecule has 0 saturated heterocycles. The molecule has 7 aromatic carbocycles. The van der Waals surface area contributed by atoms with Crippen molar-refractivity contribution >= 4 is 75.1 Å². The first-order valence-electron chi connectivity index (χ1n) is 15.5. The Hall–Kier alpha value is -5.84. The Morgan fingerprint density at radius 2 is 1.15 bits per heavy atom. The standard InChI is InChI=1S/C42H25N3S/c1-2-8-26(9-3-1)29-15-18-36-34(23-29)35-22-27-10-4-5-11-28(27)24-38(35)45(36)37-19-17-31(41-42(37)44-21-20-43-41)30-14-16-33-32-12-6-7-13-39(32)46-40(33)25-30/h1-25H. The molecule has 10 rings (SSSR count). The van der Waals surface area contributed by atoms with Gasteiger partial charge in [-0.25, -0.2) is 0 Å². The molecule has 0 unspecified atom stereocenters. The molecule has 3 heterocycles.